The van der Waals surface area contributed by atoms with Crippen molar-refractivity contribution in [2.75, 3.05) is 6.54 Å². The average Bonchev–Trinajstić information content (AvgIpc) is 2.45. The predicted molar refractivity (Wildman–Crippen MR) is 103 cm³/mol. The Balaban J connectivity index is 0.00000529. The van der Waals surface area contributed by atoms with Crippen molar-refractivity contribution in [2.24, 2.45) is 11.7 Å². The lowest BCUT2D eigenvalue weighted by atomic mass is 10.0. The van der Waals surface area contributed by atoms with Gasteiger partial charge in [-0.2, -0.15) is 0 Å². The Kier molecular flexibility index (Phi) is 10.9. The molecule has 1 aromatic carbocycles. The van der Waals surface area contributed by atoms with Crippen molar-refractivity contribution in [3.05, 3.63) is 34.3 Å². The topological polar surface area (TPSA) is 84.2 Å². The molecule has 1 rings (SSSR count). The summed E-state index contributed by atoms with van der Waals surface area (Å²) in [6.45, 7) is 6.05. The molecule has 7 heteroatoms. The fourth-order valence-electron chi connectivity index (χ4n) is 2.45. The molecule has 4 N–H and O–H groups in total. The molecule has 0 spiro atoms. The highest BCUT2D eigenvalue weighted by molar-refractivity contribution is 9.10. The van der Waals surface area contributed by atoms with Crippen LogP contribution in [-0.2, 0) is 9.59 Å². The summed E-state index contributed by atoms with van der Waals surface area (Å²) in [5.41, 5.74) is 6.61. The number of rotatable bonds is 8. The SMILES string of the molecule is CC(=O)NC(CC(=O)NC(CN)CC(C)C)c1ccc(Br)cc1.Cl. The van der Waals surface area contributed by atoms with E-state index in [9.17, 15) is 9.59 Å². The Morgan fingerprint density at radius 3 is 2.21 bits per heavy atom. The molecule has 1 aromatic rings. The highest BCUT2D eigenvalue weighted by Crippen LogP contribution is 2.20. The van der Waals surface area contributed by atoms with Gasteiger partial charge in [0.05, 0.1) is 12.5 Å². The zero-order valence-electron chi connectivity index (χ0n) is 14.3. The monoisotopic (exact) mass is 419 g/mol. The van der Waals surface area contributed by atoms with Gasteiger partial charge in [0.2, 0.25) is 11.8 Å². The van der Waals surface area contributed by atoms with Gasteiger partial charge in [0, 0.05) is 24.0 Å². The summed E-state index contributed by atoms with van der Waals surface area (Å²) >= 11 is 3.38. The van der Waals surface area contributed by atoms with E-state index in [1.807, 2.05) is 24.3 Å². The van der Waals surface area contributed by atoms with Gasteiger partial charge in [-0.1, -0.05) is 41.9 Å². The van der Waals surface area contributed by atoms with E-state index in [-0.39, 0.29) is 42.7 Å². The molecule has 2 amide bonds. The summed E-state index contributed by atoms with van der Waals surface area (Å²) in [6.07, 6.45) is 1.03. The molecular weight excluding hydrogens is 394 g/mol. The maximum absolute atomic E-state index is 12.3. The zero-order valence-corrected chi connectivity index (χ0v) is 16.7. The maximum atomic E-state index is 12.3. The van der Waals surface area contributed by atoms with Crippen LogP contribution in [0.2, 0.25) is 0 Å². The molecule has 0 bridgehead atoms. The molecule has 0 aromatic heterocycles. The van der Waals surface area contributed by atoms with Gasteiger partial charge >= 0.3 is 0 Å². The Bertz CT molecular complexity index is 523. The van der Waals surface area contributed by atoms with Crippen LogP contribution in [-0.4, -0.2) is 24.4 Å². The summed E-state index contributed by atoms with van der Waals surface area (Å²) in [7, 11) is 0. The molecule has 0 radical (unpaired) electrons. The van der Waals surface area contributed by atoms with Crippen molar-refractivity contribution in [1.29, 1.82) is 0 Å². The number of amides is 2. The summed E-state index contributed by atoms with van der Waals surface area (Å²) < 4.78 is 0.951. The van der Waals surface area contributed by atoms with Crippen molar-refractivity contribution in [3.63, 3.8) is 0 Å². The molecule has 2 unspecified atom stereocenters. The van der Waals surface area contributed by atoms with E-state index in [1.165, 1.54) is 6.92 Å². The zero-order chi connectivity index (χ0) is 17.4. The fraction of sp³-hybridized carbons (Fsp3) is 0.529. The summed E-state index contributed by atoms with van der Waals surface area (Å²) in [5.74, 6) is 0.188. The molecule has 0 fully saturated rings. The third-order valence-electron chi connectivity index (χ3n) is 3.44. The first-order valence-corrected chi connectivity index (χ1v) is 8.63. The third-order valence-corrected chi connectivity index (χ3v) is 3.97. The molecular formula is C17H27BrClN3O2. The number of benzene rings is 1. The Labute approximate surface area is 158 Å². The van der Waals surface area contributed by atoms with E-state index >= 15 is 0 Å². The summed E-state index contributed by atoms with van der Waals surface area (Å²) in [5, 5.41) is 5.79. The van der Waals surface area contributed by atoms with Gasteiger partial charge < -0.3 is 16.4 Å². The second-order valence-electron chi connectivity index (χ2n) is 6.14. The highest BCUT2D eigenvalue weighted by Gasteiger charge is 2.19. The van der Waals surface area contributed by atoms with Crippen LogP contribution in [0, 0.1) is 5.92 Å². The van der Waals surface area contributed by atoms with Crippen LogP contribution in [0.3, 0.4) is 0 Å². The summed E-state index contributed by atoms with van der Waals surface area (Å²) in [6, 6.07) is 7.19. The highest BCUT2D eigenvalue weighted by atomic mass is 79.9. The number of halogens is 2. The quantitative estimate of drug-likeness (QED) is 0.604. The Hall–Kier alpha value is -1.11. The van der Waals surface area contributed by atoms with E-state index in [4.69, 9.17) is 5.73 Å². The van der Waals surface area contributed by atoms with Crippen molar-refractivity contribution in [1.82, 2.24) is 10.6 Å². The molecule has 0 heterocycles. The molecule has 0 saturated heterocycles. The molecule has 2 atom stereocenters. The van der Waals surface area contributed by atoms with Crippen LogP contribution in [0.25, 0.3) is 0 Å². The van der Waals surface area contributed by atoms with Gasteiger partial charge in [-0.3, -0.25) is 9.59 Å². The minimum Gasteiger partial charge on any atom is -0.352 e. The van der Waals surface area contributed by atoms with Crippen LogP contribution < -0.4 is 16.4 Å². The fourth-order valence-corrected chi connectivity index (χ4v) is 2.71. The number of nitrogens with two attached hydrogens (primary N) is 1. The van der Waals surface area contributed by atoms with Gasteiger partial charge in [-0.25, -0.2) is 0 Å². The van der Waals surface area contributed by atoms with E-state index in [1.54, 1.807) is 0 Å². The minimum absolute atomic E-state index is 0. The van der Waals surface area contributed by atoms with Gasteiger partial charge in [0.15, 0.2) is 0 Å². The van der Waals surface area contributed by atoms with Crippen LogP contribution in [0.15, 0.2) is 28.7 Å². The van der Waals surface area contributed by atoms with Gasteiger partial charge in [-0.15, -0.1) is 12.4 Å². The van der Waals surface area contributed by atoms with Crippen molar-refractivity contribution < 1.29 is 9.59 Å². The van der Waals surface area contributed by atoms with E-state index in [0.29, 0.717) is 12.5 Å². The van der Waals surface area contributed by atoms with Gasteiger partial charge in [-0.05, 0) is 30.0 Å². The van der Waals surface area contributed by atoms with Crippen LogP contribution in [0.1, 0.15) is 45.2 Å². The Morgan fingerprint density at radius 1 is 1.17 bits per heavy atom. The van der Waals surface area contributed by atoms with Crippen molar-refractivity contribution >= 4 is 40.2 Å². The largest absolute Gasteiger partial charge is 0.352 e. The standard InChI is InChI=1S/C17H26BrN3O2.ClH/c1-11(2)8-15(10-19)21-17(23)9-16(20-12(3)22)13-4-6-14(18)7-5-13;/h4-7,11,15-16H,8-10,19H2,1-3H3,(H,20,22)(H,21,23);1H. The lowest BCUT2D eigenvalue weighted by molar-refractivity contribution is -0.123. The first kappa shape index (κ1) is 22.9. The predicted octanol–water partition coefficient (Wildman–Crippen LogP) is 2.93. The van der Waals surface area contributed by atoms with Crippen molar-refractivity contribution in [3.8, 4) is 0 Å². The lowest BCUT2D eigenvalue weighted by Gasteiger charge is -2.22. The molecule has 0 aliphatic heterocycles. The third kappa shape index (κ3) is 8.66. The second-order valence-corrected chi connectivity index (χ2v) is 7.05. The minimum atomic E-state index is -0.349. The number of nitrogens with one attached hydrogen (secondary N) is 2. The molecule has 24 heavy (non-hydrogen) atoms. The number of hydrogen-bond donors (Lipinski definition) is 3. The van der Waals surface area contributed by atoms with Crippen LogP contribution in [0.4, 0.5) is 0 Å². The van der Waals surface area contributed by atoms with E-state index in [2.05, 4.69) is 40.4 Å². The smallest absolute Gasteiger partial charge is 0.222 e. The lowest BCUT2D eigenvalue weighted by Crippen LogP contribution is -2.42. The van der Waals surface area contributed by atoms with Crippen molar-refractivity contribution in [2.45, 2.75) is 45.7 Å². The number of hydrogen-bond acceptors (Lipinski definition) is 3. The molecule has 0 aliphatic carbocycles. The molecule has 5 nitrogen and oxygen atoms in total. The molecule has 0 aliphatic rings. The molecule has 136 valence electrons. The molecule has 0 saturated carbocycles. The number of carbonyl (C=O) groups excluding carboxylic acids is 2. The average molecular weight is 421 g/mol. The van der Waals surface area contributed by atoms with Gasteiger partial charge in [0.1, 0.15) is 0 Å². The number of carbonyl (C=O) groups is 2. The van der Waals surface area contributed by atoms with Gasteiger partial charge in [0.25, 0.3) is 0 Å². The first-order chi connectivity index (χ1) is 10.8. The second kappa shape index (κ2) is 11.4. The van der Waals surface area contributed by atoms with Crippen LogP contribution >= 0.6 is 28.3 Å². The first-order valence-electron chi connectivity index (χ1n) is 7.83. The van der Waals surface area contributed by atoms with E-state index in [0.717, 1.165) is 16.5 Å². The summed E-state index contributed by atoms with van der Waals surface area (Å²) in [4.78, 5) is 23.7. The maximum Gasteiger partial charge on any atom is 0.222 e. The normalized spacial score (nSPS) is 12.9. The van der Waals surface area contributed by atoms with Crippen LogP contribution in [0.5, 0.6) is 0 Å². The van der Waals surface area contributed by atoms with E-state index < -0.39 is 0 Å². The Morgan fingerprint density at radius 2 is 1.75 bits per heavy atom.